The summed E-state index contributed by atoms with van der Waals surface area (Å²) < 4.78 is 0. The third kappa shape index (κ3) is 3.54. The molecule has 3 rings (SSSR count). The van der Waals surface area contributed by atoms with Gasteiger partial charge >= 0.3 is 0 Å². The molecule has 1 aliphatic carbocycles. The fourth-order valence-electron chi connectivity index (χ4n) is 3.21. The summed E-state index contributed by atoms with van der Waals surface area (Å²) >= 11 is 0. The molecular formula is C13H25Cl2N3O. The van der Waals surface area contributed by atoms with Crippen LogP contribution in [-0.4, -0.2) is 53.5 Å². The van der Waals surface area contributed by atoms with E-state index in [1.807, 2.05) is 4.90 Å². The summed E-state index contributed by atoms with van der Waals surface area (Å²) in [6.45, 7) is 4.28. The molecule has 6 heteroatoms. The Hall–Kier alpha value is -0.0300. The Morgan fingerprint density at radius 3 is 2.26 bits per heavy atom. The number of halogens is 2. The van der Waals surface area contributed by atoms with Gasteiger partial charge in [0.2, 0.25) is 5.91 Å². The summed E-state index contributed by atoms with van der Waals surface area (Å²) in [5.74, 6) is 0.210. The van der Waals surface area contributed by atoms with Crippen LogP contribution in [0.3, 0.4) is 0 Å². The number of carbonyl (C=O) groups excluding carboxylic acids is 1. The minimum atomic E-state index is -0.479. The number of hydrogen-bond donors (Lipinski definition) is 1. The van der Waals surface area contributed by atoms with E-state index in [-0.39, 0.29) is 30.7 Å². The molecule has 0 bridgehead atoms. The molecule has 0 aromatic heterocycles. The fourth-order valence-corrected chi connectivity index (χ4v) is 3.21. The van der Waals surface area contributed by atoms with Crippen molar-refractivity contribution in [3.8, 4) is 0 Å². The van der Waals surface area contributed by atoms with Crippen molar-refractivity contribution in [3.63, 3.8) is 0 Å². The van der Waals surface area contributed by atoms with Crippen molar-refractivity contribution in [2.75, 3.05) is 26.2 Å². The monoisotopic (exact) mass is 309 g/mol. The van der Waals surface area contributed by atoms with Crippen LogP contribution in [-0.2, 0) is 4.79 Å². The van der Waals surface area contributed by atoms with E-state index in [1.165, 1.54) is 32.4 Å². The molecule has 0 aromatic carbocycles. The van der Waals surface area contributed by atoms with E-state index in [1.54, 1.807) is 0 Å². The highest BCUT2D eigenvalue weighted by atomic mass is 35.5. The van der Waals surface area contributed by atoms with Gasteiger partial charge in [-0.05, 0) is 51.6 Å². The van der Waals surface area contributed by atoms with Gasteiger partial charge in [0.1, 0.15) is 0 Å². The van der Waals surface area contributed by atoms with Crippen molar-refractivity contribution in [2.24, 2.45) is 5.73 Å². The van der Waals surface area contributed by atoms with Crippen molar-refractivity contribution in [3.05, 3.63) is 0 Å². The molecule has 1 unspecified atom stereocenters. The molecule has 3 aliphatic rings. The van der Waals surface area contributed by atoms with E-state index in [2.05, 4.69) is 4.90 Å². The molecule has 2 aliphatic heterocycles. The number of piperidine rings is 1. The molecule has 19 heavy (non-hydrogen) atoms. The van der Waals surface area contributed by atoms with Gasteiger partial charge in [-0.3, -0.25) is 9.69 Å². The first-order valence-corrected chi connectivity index (χ1v) is 7.01. The Morgan fingerprint density at radius 2 is 1.68 bits per heavy atom. The van der Waals surface area contributed by atoms with Crippen LogP contribution in [0.15, 0.2) is 0 Å². The van der Waals surface area contributed by atoms with Crippen LogP contribution in [0.5, 0.6) is 0 Å². The third-order valence-corrected chi connectivity index (χ3v) is 4.56. The van der Waals surface area contributed by atoms with Crippen LogP contribution >= 0.6 is 24.8 Å². The highest BCUT2D eigenvalue weighted by molar-refractivity contribution is 5.89. The second kappa shape index (κ2) is 6.61. The number of amides is 1. The van der Waals surface area contributed by atoms with Gasteiger partial charge < -0.3 is 10.6 Å². The number of likely N-dealkylation sites (tertiary alicyclic amines) is 2. The highest BCUT2D eigenvalue weighted by Crippen LogP contribution is 2.35. The molecule has 4 nitrogen and oxygen atoms in total. The van der Waals surface area contributed by atoms with E-state index >= 15 is 0 Å². The van der Waals surface area contributed by atoms with Crippen molar-refractivity contribution in [1.82, 2.24) is 9.80 Å². The minimum absolute atomic E-state index is 0. The Morgan fingerprint density at radius 1 is 1.05 bits per heavy atom. The van der Waals surface area contributed by atoms with E-state index in [0.29, 0.717) is 6.04 Å². The molecular weight excluding hydrogens is 285 g/mol. The molecule has 2 N–H and O–H groups in total. The number of hydrogen-bond acceptors (Lipinski definition) is 3. The predicted molar refractivity (Wildman–Crippen MR) is 81.1 cm³/mol. The summed E-state index contributed by atoms with van der Waals surface area (Å²) in [6, 6.07) is 0.595. The highest BCUT2D eigenvalue weighted by Gasteiger charge is 2.48. The van der Waals surface area contributed by atoms with Gasteiger partial charge in [-0.25, -0.2) is 0 Å². The van der Waals surface area contributed by atoms with Crippen molar-refractivity contribution in [2.45, 2.75) is 50.1 Å². The number of carbonyl (C=O) groups is 1. The summed E-state index contributed by atoms with van der Waals surface area (Å²) in [6.07, 6.45) is 6.81. The number of nitrogens with zero attached hydrogens (tertiary/aromatic N) is 2. The van der Waals surface area contributed by atoms with Gasteiger partial charge in [0, 0.05) is 19.1 Å². The predicted octanol–water partition coefficient (Wildman–Crippen LogP) is 1.41. The summed E-state index contributed by atoms with van der Waals surface area (Å²) in [7, 11) is 0. The lowest BCUT2D eigenvalue weighted by molar-refractivity contribution is -0.135. The second-order valence-electron chi connectivity index (χ2n) is 5.95. The Balaban J connectivity index is 0.000000902. The van der Waals surface area contributed by atoms with E-state index < -0.39 is 5.54 Å². The lowest BCUT2D eigenvalue weighted by Gasteiger charge is -2.38. The van der Waals surface area contributed by atoms with Gasteiger partial charge in [-0.2, -0.15) is 0 Å². The molecule has 0 aromatic rings. The first kappa shape index (κ1) is 17.0. The van der Waals surface area contributed by atoms with E-state index in [0.717, 1.165) is 32.4 Å². The summed E-state index contributed by atoms with van der Waals surface area (Å²) in [4.78, 5) is 16.8. The molecule has 112 valence electrons. The zero-order chi connectivity index (χ0) is 11.9. The Kier molecular flexibility index (Phi) is 5.93. The quantitative estimate of drug-likeness (QED) is 0.839. The Bertz CT molecular complexity index is 317. The normalized spacial score (nSPS) is 29.3. The zero-order valence-corrected chi connectivity index (χ0v) is 13.0. The maximum Gasteiger partial charge on any atom is 0.242 e. The topological polar surface area (TPSA) is 49.6 Å². The van der Waals surface area contributed by atoms with Crippen molar-refractivity contribution >= 4 is 30.7 Å². The molecule has 3 fully saturated rings. The van der Waals surface area contributed by atoms with Gasteiger partial charge in [0.25, 0.3) is 0 Å². The van der Waals surface area contributed by atoms with E-state index in [9.17, 15) is 4.79 Å². The maximum atomic E-state index is 12.2. The first-order valence-electron chi connectivity index (χ1n) is 7.01. The van der Waals surface area contributed by atoms with Crippen LogP contribution in [0.2, 0.25) is 0 Å². The lowest BCUT2D eigenvalue weighted by Crippen LogP contribution is -2.54. The molecule has 0 radical (unpaired) electrons. The van der Waals surface area contributed by atoms with Crippen molar-refractivity contribution in [1.29, 1.82) is 0 Å². The SMILES string of the molecule is Cl.Cl.NC1(C(=O)N2CCCC(N3CCCC3)C2)CC1. The Labute approximate surface area is 127 Å². The maximum absolute atomic E-state index is 12.2. The fraction of sp³-hybridized carbons (Fsp3) is 0.923. The smallest absolute Gasteiger partial charge is 0.242 e. The van der Waals surface area contributed by atoms with Gasteiger partial charge in [0.15, 0.2) is 0 Å². The van der Waals surface area contributed by atoms with Crippen LogP contribution in [0.4, 0.5) is 0 Å². The van der Waals surface area contributed by atoms with Gasteiger partial charge in [-0.15, -0.1) is 24.8 Å². The van der Waals surface area contributed by atoms with Gasteiger partial charge in [0.05, 0.1) is 5.54 Å². The molecule has 2 saturated heterocycles. The van der Waals surface area contributed by atoms with Crippen molar-refractivity contribution < 1.29 is 4.79 Å². The molecule has 2 heterocycles. The van der Waals surface area contributed by atoms with Crippen LogP contribution in [0, 0.1) is 0 Å². The lowest BCUT2D eigenvalue weighted by atomic mass is 10.0. The number of nitrogens with two attached hydrogens (primary N) is 1. The minimum Gasteiger partial charge on any atom is -0.340 e. The average Bonchev–Trinajstić information content (AvgIpc) is 2.91. The number of rotatable bonds is 2. The van der Waals surface area contributed by atoms with Crippen LogP contribution in [0.1, 0.15) is 38.5 Å². The second-order valence-corrected chi connectivity index (χ2v) is 5.95. The van der Waals surface area contributed by atoms with Crippen LogP contribution < -0.4 is 5.73 Å². The molecule has 1 saturated carbocycles. The van der Waals surface area contributed by atoms with Gasteiger partial charge in [-0.1, -0.05) is 0 Å². The molecule has 1 atom stereocenters. The molecule has 0 spiro atoms. The van der Waals surface area contributed by atoms with E-state index in [4.69, 9.17) is 5.73 Å². The standard InChI is InChI=1S/C13H23N3O.2ClH/c14-13(5-6-13)12(17)16-9-3-4-11(10-16)15-7-1-2-8-15;;/h11H,1-10,14H2;2*1H. The largest absolute Gasteiger partial charge is 0.340 e. The first-order chi connectivity index (χ1) is 8.19. The molecule has 1 amide bonds. The summed E-state index contributed by atoms with van der Waals surface area (Å²) in [5, 5.41) is 0. The van der Waals surface area contributed by atoms with Crippen LogP contribution in [0.25, 0.3) is 0 Å². The third-order valence-electron chi connectivity index (χ3n) is 4.56. The zero-order valence-electron chi connectivity index (χ0n) is 11.3. The average molecular weight is 310 g/mol. The summed E-state index contributed by atoms with van der Waals surface area (Å²) in [5.41, 5.74) is 5.54.